The number of hydrogen-bond donors (Lipinski definition) is 0. The first-order chi connectivity index (χ1) is 7.47. The molecule has 2 aromatic rings. The molecule has 1 aromatic heterocycles. The summed E-state index contributed by atoms with van der Waals surface area (Å²) >= 11 is 0.621. The lowest BCUT2D eigenvalue weighted by molar-refractivity contribution is -0.137. The number of halogens is 3. The van der Waals surface area contributed by atoms with E-state index in [1.54, 1.807) is 12.1 Å². The van der Waals surface area contributed by atoms with Crippen LogP contribution in [0.2, 0.25) is 0 Å². The first-order valence-electron chi connectivity index (χ1n) is 4.56. The second-order valence-corrected chi connectivity index (χ2v) is 4.26. The van der Waals surface area contributed by atoms with Crippen molar-refractivity contribution in [2.24, 2.45) is 0 Å². The van der Waals surface area contributed by atoms with Crippen LogP contribution >= 0.6 is 11.3 Å². The molecule has 1 aromatic carbocycles. The second kappa shape index (κ2) is 3.90. The Balaban J connectivity index is 2.39. The van der Waals surface area contributed by atoms with Crippen molar-refractivity contribution in [3.8, 4) is 11.3 Å². The number of nitrogens with zero attached hydrogens (tertiary/aromatic N) is 1. The molecule has 16 heavy (non-hydrogen) atoms. The molecule has 1 heterocycles. The van der Waals surface area contributed by atoms with Crippen molar-refractivity contribution < 1.29 is 13.2 Å². The number of alkyl halides is 3. The van der Waals surface area contributed by atoms with Crippen LogP contribution in [-0.2, 0) is 6.18 Å². The quantitative estimate of drug-likeness (QED) is 0.733. The maximum absolute atomic E-state index is 12.3. The Kier molecular flexibility index (Phi) is 2.71. The summed E-state index contributed by atoms with van der Waals surface area (Å²) in [5.41, 5.74) is 2.09. The number of aromatic nitrogens is 1. The fourth-order valence-electron chi connectivity index (χ4n) is 1.34. The fraction of sp³-hybridized carbons (Fsp3) is 0.182. The summed E-state index contributed by atoms with van der Waals surface area (Å²) in [6, 6.07) is 7.26. The van der Waals surface area contributed by atoms with E-state index in [2.05, 4.69) is 4.98 Å². The van der Waals surface area contributed by atoms with E-state index >= 15 is 0 Å². The lowest BCUT2D eigenvalue weighted by Gasteiger charge is -2.00. The van der Waals surface area contributed by atoms with Crippen LogP contribution in [0.5, 0.6) is 0 Å². The number of rotatable bonds is 1. The molecule has 0 fully saturated rings. The Hall–Kier alpha value is -1.36. The minimum absolute atomic E-state index is 0.376. The van der Waals surface area contributed by atoms with Crippen molar-refractivity contribution in [3.63, 3.8) is 0 Å². The molecule has 0 aliphatic carbocycles. The molecular formula is C11H8F3NS. The Morgan fingerprint density at radius 1 is 1.25 bits per heavy atom. The molecule has 84 valence electrons. The highest BCUT2D eigenvalue weighted by Crippen LogP contribution is 2.34. The first-order valence-corrected chi connectivity index (χ1v) is 5.44. The first kappa shape index (κ1) is 11.1. The Bertz CT molecular complexity index is 502. The van der Waals surface area contributed by atoms with Crippen LogP contribution in [0.25, 0.3) is 11.3 Å². The van der Waals surface area contributed by atoms with Crippen LogP contribution in [-0.4, -0.2) is 4.98 Å². The number of thiazole rings is 1. The summed E-state index contributed by atoms with van der Waals surface area (Å²) in [5.74, 6) is 0. The van der Waals surface area contributed by atoms with Gasteiger partial charge in [-0.3, -0.25) is 0 Å². The zero-order valence-corrected chi connectivity index (χ0v) is 9.19. The molecule has 0 aliphatic rings. The van der Waals surface area contributed by atoms with Gasteiger partial charge >= 0.3 is 6.18 Å². The number of aryl methyl sites for hydroxylation is 1. The minimum Gasteiger partial charge on any atom is -0.232 e. The summed E-state index contributed by atoms with van der Waals surface area (Å²) in [7, 11) is 0. The van der Waals surface area contributed by atoms with Gasteiger partial charge in [-0.05, 0) is 13.0 Å². The SMILES string of the molecule is Cc1cccc(-c2csc(C(F)(F)F)n2)c1. The van der Waals surface area contributed by atoms with Crippen LogP contribution in [0.4, 0.5) is 13.2 Å². The van der Waals surface area contributed by atoms with Crippen molar-refractivity contribution in [1.82, 2.24) is 4.98 Å². The van der Waals surface area contributed by atoms with Crippen LogP contribution in [0.1, 0.15) is 10.6 Å². The lowest BCUT2D eigenvalue weighted by Crippen LogP contribution is -2.03. The molecule has 0 atom stereocenters. The fourth-order valence-corrected chi connectivity index (χ4v) is 2.04. The smallest absolute Gasteiger partial charge is 0.232 e. The molecule has 0 N–H and O–H groups in total. The molecule has 0 bridgehead atoms. The average molecular weight is 243 g/mol. The summed E-state index contributed by atoms with van der Waals surface area (Å²) in [5, 5.41) is 0.626. The molecule has 1 nitrogen and oxygen atoms in total. The van der Waals surface area contributed by atoms with Gasteiger partial charge in [-0.15, -0.1) is 11.3 Å². The molecule has 0 unspecified atom stereocenters. The van der Waals surface area contributed by atoms with Crippen molar-refractivity contribution >= 4 is 11.3 Å². The summed E-state index contributed by atoms with van der Waals surface area (Å²) in [4.78, 5) is 3.59. The van der Waals surface area contributed by atoms with E-state index in [-0.39, 0.29) is 0 Å². The summed E-state index contributed by atoms with van der Waals surface area (Å²) < 4.78 is 37.0. The topological polar surface area (TPSA) is 12.9 Å². The third-order valence-corrected chi connectivity index (χ3v) is 2.95. The van der Waals surface area contributed by atoms with Gasteiger partial charge in [0.05, 0.1) is 5.69 Å². The molecule has 0 spiro atoms. The predicted molar refractivity (Wildman–Crippen MR) is 57.3 cm³/mol. The molecule has 0 amide bonds. The standard InChI is InChI=1S/C11H8F3NS/c1-7-3-2-4-8(5-7)9-6-16-10(15-9)11(12,13)14/h2-6H,1H3. The van der Waals surface area contributed by atoms with E-state index in [1.165, 1.54) is 5.38 Å². The minimum atomic E-state index is -4.35. The Morgan fingerprint density at radius 2 is 2.00 bits per heavy atom. The maximum Gasteiger partial charge on any atom is 0.443 e. The van der Waals surface area contributed by atoms with Gasteiger partial charge in [0.15, 0.2) is 5.01 Å². The van der Waals surface area contributed by atoms with Gasteiger partial charge in [0.1, 0.15) is 0 Å². The maximum atomic E-state index is 12.3. The zero-order valence-electron chi connectivity index (χ0n) is 8.38. The second-order valence-electron chi connectivity index (χ2n) is 3.41. The van der Waals surface area contributed by atoms with Crippen LogP contribution < -0.4 is 0 Å². The largest absolute Gasteiger partial charge is 0.443 e. The van der Waals surface area contributed by atoms with Gasteiger partial charge in [-0.2, -0.15) is 13.2 Å². The van der Waals surface area contributed by atoms with Crippen LogP contribution in [0.3, 0.4) is 0 Å². The van der Waals surface area contributed by atoms with Crippen molar-refractivity contribution in [2.75, 3.05) is 0 Å². The van der Waals surface area contributed by atoms with E-state index in [4.69, 9.17) is 0 Å². The van der Waals surface area contributed by atoms with Gasteiger partial charge in [-0.25, -0.2) is 4.98 Å². The summed E-state index contributed by atoms with van der Waals surface area (Å²) in [6.45, 7) is 1.89. The van der Waals surface area contributed by atoms with E-state index in [0.717, 1.165) is 5.56 Å². The summed E-state index contributed by atoms with van der Waals surface area (Å²) in [6.07, 6.45) is -4.35. The van der Waals surface area contributed by atoms with Gasteiger partial charge in [0.25, 0.3) is 0 Å². The monoisotopic (exact) mass is 243 g/mol. The van der Waals surface area contributed by atoms with E-state index in [1.807, 2.05) is 19.1 Å². The molecule has 2 rings (SSSR count). The Morgan fingerprint density at radius 3 is 2.56 bits per heavy atom. The van der Waals surface area contributed by atoms with Gasteiger partial charge in [0, 0.05) is 10.9 Å². The van der Waals surface area contributed by atoms with Gasteiger partial charge < -0.3 is 0 Å². The molecule has 0 saturated heterocycles. The van der Waals surface area contributed by atoms with Crippen molar-refractivity contribution in [2.45, 2.75) is 13.1 Å². The average Bonchev–Trinajstić information content (AvgIpc) is 2.65. The van der Waals surface area contributed by atoms with E-state index in [0.29, 0.717) is 22.6 Å². The third kappa shape index (κ3) is 2.24. The van der Waals surface area contributed by atoms with Crippen molar-refractivity contribution in [1.29, 1.82) is 0 Å². The van der Waals surface area contributed by atoms with E-state index in [9.17, 15) is 13.2 Å². The van der Waals surface area contributed by atoms with E-state index < -0.39 is 11.2 Å². The zero-order chi connectivity index (χ0) is 11.8. The number of hydrogen-bond acceptors (Lipinski definition) is 2. The molecule has 0 aliphatic heterocycles. The molecule has 0 saturated carbocycles. The number of benzene rings is 1. The Labute approximate surface area is 94.6 Å². The highest BCUT2D eigenvalue weighted by molar-refractivity contribution is 7.10. The lowest BCUT2D eigenvalue weighted by atomic mass is 10.1. The molecule has 5 heteroatoms. The molecular weight excluding hydrogens is 235 g/mol. The highest BCUT2D eigenvalue weighted by Gasteiger charge is 2.34. The van der Waals surface area contributed by atoms with Crippen LogP contribution in [0, 0.1) is 6.92 Å². The normalized spacial score (nSPS) is 11.8. The third-order valence-electron chi connectivity index (χ3n) is 2.06. The highest BCUT2D eigenvalue weighted by atomic mass is 32.1. The predicted octanol–water partition coefficient (Wildman–Crippen LogP) is 4.14. The van der Waals surface area contributed by atoms with Gasteiger partial charge in [0.2, 0.25) is 0 Å². The molecule has 0 radical (unpaired) electrons. The van der Waals surface area contributed by atoms with Gasteiger partial charge in [-0.1, -0.05) is 23.8 Å². The van der Waals surface area contributed by atoms with Crippen molar-refractivity contribution in [3.05, 3.63) is 40.2 Å². The van der Waals surface area contributed by atoms with Crippen LogP contribution in [0.15, 0.2) is 29.6 Å².